The van der Waals surface area contributed by atoms with Crippen molar-refractivity contribution < 1.29 is 14.3 Å². The molecule has 2 aromatic carbocycles. The van der Waals surface area contributed by atoms with E-state index in [0.29, 0.717) is 30.4 Å². The summed E-state index contributed by atoms with van der Waals surface area (Å²) in [5.41, 5.74) is 3.59. The molecular formula is C22H19N3O3. The van der Waals surface area contributed by atoms with Crippen LogP contribution in [-0.2, 0) is 11.2 Å². The fourth-order valence-electron chi connectivity index (χ4n) is 3.28. The molecule has 1 aromatic heterocycles. The van der Waals surface area contributed by atoms with Gasteiger partial charge in [-0.1, -0.05) is 25.1 Å². The Morgan fingerprint density at radius 2 is 2.07 bits per heavy atom. The van der Waals surface area contributed by atoms with Crippen LogP contribution >= 0.6 is 0 Å². The molecule has 0 aliphatic carbocycles. The second kappa shape index (κ2) is 7.49. The molecule has 0 atom stereocenters. The van der Waals surface area contributed by atoms with Crippen molar-refractivity contribution in [1.29, 1.82) is 5.26 Å². The number of aromatic nitrogens is 1. The van der Waals surface area contributed by atoms with Crippen molar-refractivity contribution in [3.05, 3.63) is 59.3 Å². The smallest absolute Gasteiger partial charge is 0.266 e. The number of anilines is 1. The van der Waals surface area contributed by atoms with Crippen molar-refractivity contribution in [2.75, 3.05) is 18.5 Å². The van der Waals surface area contributed by atoms with Crippen molar-refractivity contribution in [3.8, 4) is 17.6 Å². The molecule has 3 aromatic rings. The van der Waals surface area contributed by atoms with Gasteiger partial charge in [0.15, 0.2) is 11.5 Å². The summed E-state index contributed by atoms with van der Waals surface area (Å²) in [6, 6.07) is 13.2. The Morgan fingerprint density at radius 3 is 2.86 bits per heavy atom. The van der Waals surface area contributed by atoms with Gasteiger partial charge in [-0.15, -0.1) is 0 Å². The number of carbonyl (C=O) groups is 1. The van der Waals surface area contributed by atoms with E-state index in [2.05, 4.69) is 23.3 Å². The average molecular weight is 373 g/mol. The maximum atomic E-state index is 12.6. The molecule has 0 bridgehead atoms. The summed E-state index contributed by atoms with van der Waals surface area (Å²) in [6.45, 7) is 3.06. The highest BCUT2D eigenvalue weighted by Gasteiger charge is 2.15. The molecule has 1 aliphatic heterocycles. The maximum absolute atomic E-state index is 12.6. The molecular weight excluding hydrogens is 354 g/mol. The molecule has 0 radical (unpaired) electrons. The molecule has 0 spiro atoms. The number of nitrogens with one attached hydrogen (secondary N) is 2. The number of aryl methyl sites for hydroxylation is 1. The van der Waals surface area contributed by atoms with Crippen molar-refractivity contribution in [2.45, 2.75) is 13.3 Å². The number of nitriles is 1. The van der Waals surface area contributed by atoms with Crippen LogP contribution in [0.2, 0.25) is 0 Å². The fourth-order valence-corrected chi connectivity index (χ4v) is 3.28. The number of para-hydroxylation sites is 1. The van der Waals surface area contributed by atoms with Gasteiger partial charge in [0.25, 0.3) is 5.91 Å². The largest absolute Gasteiger partial charge is 0.486 e. The predicted molar refractivity (Wildman–Crippen MR) is 107 cm³/mol. The van der Waals surface area contributed by atoms with Crippen molar-refractivity contribution in [2.24, 2.45) is 0 Å². The van der Waals surface area contributed by atoms with Gasteiger partial charge in [-0.3, -0.25) is 4.79 Å². The Labute approximate surface area is 162 Å². The number of hydrogen-bond donors (Lipinski definition) is 2. The number of aromatic amines is 1. The Bertz CT molecular complexity index is 1120. The van der Waals surface area contributed by atoms with Crippen LogP contribution in [0.3, 0.4) is 0 Å². The van der Waals surface area contributed by atoms with Gasteiger partial charge in [-0.05, 0) is 30.2 Å². The minimum absolute atomic E-state index is 0.0256. The number of carbonyl (C=O) groups excluding carboxylic acids is 1. The minimum Gasteiger partial charge on any atom is -0.486 e. The third-order valence-corrected chi connectivity index (χ3v) is 4.68. The first-order valence-corrected chi connectivity index (χ1v) is 9.11. The van der Waals surface area contributed by atoms with Gasteiger partial charge in [-0.2, -0.15) is 5.26 Å². The fraction of sp³-hybridized carbons (Fsp3) is 0.182. The van der Waals surface area contributed by atoms with E-state index in [9.17, 15) is 10.1 Å². The van der Waals surface area contributed by atoms with Gasteiger partial charge in [0, 0.05) is 34.4 Å². The van der Waals surface area contributed by atoms with E-state index in [1.165, 1.54) is 5.56 Å². The molecule has 140 valence electrons. The van der Waals surface area contributed by atoms with E-state index in [0.717, 1.165) is 22.9 Å². The first-order valence-electron chi connectivity index (χ1n) is 9.11. The normalized spacial score (nSPS) is 13.2. The topological polar surface area (TPSA) is 87.1 Å². The lowest BCUT2D eigenvalue weighted by Crippen LogP contribution is -2.17. The summed E-state index contributed by atoms with van der Waals surface area (Å²) in [5, 5.41) is 13.2. The summed E-state index contributed by atoms with van der Waals surface area (Å²) in [7, 11) is 0. The standard InChI is InChI=1S/C22H19N3O3/c1-2-14-4-3-5-18-16(13-24-21(14)18)10-15(12-23)22(26)25-17-6-7-19-20(11-17)28-9-8-27-19/h3-7,10-11,13,24H,2,8-9H2,1H3,(H,25,26). The molecule has 6 nitrogen and oxygen atoms in total. The molecule has 0 unspecified atom stereocenters. The Morgan fingerprint density at radius 1 is 1.25 bits per heavy atom. The molecule has 1 amide bonds. The molecule has 0 fully saturated rings. The number of rotatable bonds is 4. The Balaban J connectivity index is 1.60. The van der Waals surface area contributed by atoms with E-state index in [1.807, 2.05) is 24.4 Å². The number of H-pyrrole nitrogens is 1. The number of fused-ring (bicyclic) bond motifs is 2. The molecule has 1 aliphatic rings. The highest BCUT2D eigenvalue weighted by molar-refractivity contribution is 6.11. The summed E-state index contributed by atoms with van der Waals surface area (Å²) < 4.78 is 11.0. The average Bonchev–Trinajstić information content (AvgIpc) is 3.14. The zero-order valence-corrected chi connectivity index (χ0v) is 15.4. The van der Waals surface area contributed by atoms with Crippen LogP contribution in [0.5, 0.6) is 11.5 Å². The molecule has 4 rings (SSSR count). The zero-order chi connectivity index (χ0) is 19.5. The molecule has 2 heterocycles. The van der Waals surface area contributed by atoms with Crippen LogP contribution in [0.25, 0.3) is 17.0 Å². The molecule has 0 saturated heterocycles. The van der Waals surface area contributed by atoms with Crippen molar-refractivity contribution >= 4 is 28.6 Å². The lowest BCUT2D eigenvalue weighted by atomic mass is 10.1. The second-order valence-corrected chi connectivity index (χ2v) is 6.42. The van der Waals surface area contributed by atoms with Gasteiger partial charge in [0.1, 0.15) is 24.9 Å². The van der Waals surface area contributed by atoms with Crippen LogP contribution in [0.4, 0.5) is 5.69 Å². The van der Waals surface area contributed by atoms with Gasteiger partial charge in [0.2, 0.25) is 0 Å². The van der Waals surface area contributed by atoms with Crippen LogP contribution < -0.4 is 14.8 Å². The molecule has 6 heteroatoms. The highest BCUT2D eigenvalue weighted by Crippen LogP contribution is 2.32. The number of hydrogen-bond acceptors (Lipinski definition) is 4. The maximum Gasteiger partial charge on any atom is 0.266 e. The van der Waals surface area contributed by atoms with Crippen molar-refractivity contribution in [3.63, 3.8) is 0 Å². The Kier molecular flexibility index (Phi) is 4.73. The molecule has 2 N–H and O–H groups in total. The number of amides is 1. The second-order valence-electron chi connectivity index (χ2n) is 6.42. The van der Waals surface area contributed by atoms with Gasteiger partial charge in [-0.25, -0.2) is 0 Å². The SMILES string of the molecule is CCc1cccc2c(C=C(C#N)C(=O)Nc3ccc4c(c3)OCCO4)c[nH]c12. The van der Waals surface area contributed by atoms with E-state index in [-0.39, 0.29) is 5.57 Å². The van der Waals surface area contributed by atoms with Crippen LogP contribution in [0.15, 0.2) is 48.2 Å². The summed E-state index contributed by atoms with van der Waals surface area (Å²) in [5.74, 6) is 0.751. The van der Waals surface area contributed by atoms with Crippen LogP contribution in [0, 0.1) is 11.3 Å². The van der Waals surface area contributed by atoms with E-state index >= 15 is 0 Å². The first-order chi connectivity index (χ1) is 13.7. The zero-order valence-electron chi connectivity index (χ0n) is 15.4. The van der Waals surface area contributed by atoms with E-state index < -0.39 is 5.91 Å². The quantitative estimate of drug-likeness (QED) is 0.534. The Hall–Kier alpha value is -3.72. The third-order valence-electron chi connectivity index (χ3n) is 4.68. The number of ether oxygens (including phenoxy) is 2. The van der Waals surface area contributed by atoms with E-state index in [1.54, 1.807) is 24.3 Å². The third kappa shape index (κ3) is 3.30. The molecule has 28 heavy (non-hydrogen) atoms. The van der Waals surface area contributed by atoms with Crippen LogP contribution in [-0.4, -0.2) is 24.1 Å². The van der Waals surface area contributed by atoms with Crippen LogP contribution in [0.1, 0.15) is 18.1 Å². The number of benzene rings is 2. The first kappa shape index (κ1) is 17.7. The lowest BCUT2D eigenvalue weighted by molar-refractivity contribution is -0.112. The highest BCUT2D eigenvalue weighted by atomic mass is 16.6. The van der Waals surface area contributed by atoms with Gasteiger partial charge >= 0.3 is 0 Å². The minimum atomic E-state index is -0.472. The van der Waals surface area contributed by atoms with Crippen molar-refractivity contribution in [1.82, 2.24) is 4.98 Å². The van der Waals surface area contributed by atoms with Gasteiger partial charge in [0.05, 0.1) is 0 Å². The van der Waals surface area contributed by atoms with E-state index in [4.69, 9.17) is 9.47 Å². The summed E-state index contributed by atoms with van der Waals surface area (Å²) >= 11 is 0. The summed E-state index contributed by atoms with van der Waals surface area (Å²) in [6.07, 6.45) is 4.32. The summed E-state index contributed by atoms with van der Waals surface area (Å²) in [4.78, 5) is 15.9. The monoisotopic (exact) mass is 373 g/mol. The predicted octanol–water partition coefficient (Wildman–Crippen LogP) is 4.05. The lowest BCUT2D eigenvalue weighted by Gasteiger charge is -2.18. The van der Waals surface area contributed by atoms with Gasteiger partial charge < -0.3 is 19.8 Å². The molecule has 0 saturated carbocycles. The number of nitrogens with zero attached hydrogens (tertiary/aromatic N) is 1.